The molecule has 3 rings (SSSR count). The maximum Gasteiger partial charge on any atom is 0.243 e. The first-order valence-corrected chi connectivity index (χ1v) is 12.2. The quantitative estimate of drug-likeness (QED) is 0.410. The van der Waals surface area contributed by atoms with Gasteiger partial charge in [0.25, 0.3) is 0 Å². The summed E-state index contributed by atoms with van der Waals surface area (Å²) in [6.45, 7) is 6.95. The largest absolute Gasteiger partial charge is 0.354 e. The lowest BCUT2D eigenvalue weighted by Crippen LogP contribution is -2.51. The Bertz CT molecular complexity index is 1090. The molecule has 178 valence electrons. The zero-order valence-corrected chi connectivity index (χ0v) is 20.9. The smallest absolute Gasteiger partial charge is 0.243 e. The van der Waals surface area contributed by atoms with E-state index in [-0.39, 0.29) is 18.2 Å². The molecule has 0 aromatic heterocycles. The van der Waals surface area contributed by atoms with Crippen molar-refractivity contribution in [2.24, 2.45) is 0 Å². The minimum Gasteiger partial charge on any atom is -0.354 e. The van der Waals surface area contributed by atoms with Gasteiger partial charge in [0.2, 0.25) is 11.8 Å². The van der Waals surface area contributed by atoms with Crippen molar-refractivity contribution >= 4 is 23.4 Å². The first-order chi connectivity index (χ1) is 16.4. The van der Waals surface area contributed by atoms with E-state index in [1.165, 1.54) is 0 Å². The molecule has 3 aromatic carbocycles. The van der Waals surface area contributed by atoms with Crippen LogP contribution >= 0.6 is 11.6 Å². The Morgan fingerprint density at radius 1 is 0.882 bits per heavy atom. The Hall–Kier alpha value is -3.11. The van der Waals surface area contributed by atoms with E-state index in [0.717, 1.165) is 34.2 Å². The Labute approximate surface area is 207 Å². The van der Waals surface area contributed by atoms with Gasteiger partial charge >= 0.3 is 0 Å². The normalized spacial score (nSPS) is 11.6. The second-order valence-electron chi connectivity index (χ2n) is 8.82. The number of amides is 2. The highest BCUT2D eigenvalue weighted by molar-refractivity contribution is 6.30. The molecule has 0 aliphatic carbocycles. The van der Waals surface area contributed by atoms with Crippen molar-refractivity contribution in [3.8, 4) is 0 Å². The number of carbonyl (C=O) groups excluding carboxylic acids is 2. The average molecular weight is 477 g/mol. The maximum absolute atomic E-state index is 13.7. The summed E-state index contributed by atoms with van der Waals surface area (Å²) < 4.78 is 0. The zero-order chi connectivity index (χ0) is 24.5. The molecule has 4 nitrogen and oxygen atoms in total. The molecule has 0 aliphatic heterocycles. The molecule has 0 bridgehead atoms. The number of aryl methyl sites for hydroxylation is 2. The SMILES string of the molecule is CCCNC(=O)C(Cc1ccccc1)N(Cc1cccc(Cl)c1)C(=O)Cc1cc(C)cc(C)c1. The molecular weight excluding hydrogens is 444 g/mol. The van der Waals surface area contributed by atoms with Crippen LogP contribution in [0, 0.1) is 13.8 Å². The Balaban J connectivity index is 1.97. The molecule has 0 radical (unpaired) electrons. The van der Waals surface area contributed by atoms with E-state index in [2.05, 4.69) is 11.4 Å². The van der Waals surface area contributed by atoms with Gasteiger partial charge in [0.1, 0.15) is 6.04 Å². The van der Waals surface area contributed by atoms with Crippen molar-refractivity contribution in [3.63, 3.8) is 0 Å². The molecule has 0 heterocycles. The standard InChI is InChI=1S/C29H33ClN2O2/c1-4-13-31-29(34)27(18-23-9-6-5-7-10-23)32(20-24-11-8-12-26(30)17-24)28(33)19-25-15-21(2)14-22(3)16-25/h5-12,14-17,27H,4,13,18-20H2,1-3H3,(H,31,34). The number of hydrogen-bond acceptors (Lipinski definition) is 2. The van der Waals surface area contributed by atoms with Crippen LogP contribution in [0.1, 0.15) is 41.2 Å². The molecule has 34 heavy (non-hydrogen) atoms. The summed E-state index contributed by atoms with van der Waals surface area (Å²) in [5.41, 5.74) is 5.08. The monoisotopic (exact) mass is 476 g/mol. The summed E-state index contributed by atoms with van der Waals surface area (Å²) in [6, 6.07) is 22.8. The fraction of sp³-hybridized carbons (Fsp3) is 0.310. The summed E-state index contributed by atoms with van der Waals surface area (Å²) in [4.78, 5) is 28.8. The van der Waals surface area contributed by atoms with Gasteiger partial charge in [-0.1, -0.05) is 90.3 Å². The first kappa shape index (κ1) is 25.5. The molecule has 1 atom stereocenters. The molecule has 2 amide bonds. The van der Waals surface area contributed by atoms with Crippen LogP contribution in [0.2, 0.25) is 5.02 Å². The van der Waals surface area contributed by atoms with Gasteiger partial charge in [-0.2, -0.15) is 0 Å². The fourth-order valence-corrected chi connectivity index (χ4v) is 4.41. The van der Waals surface area contributed by atoms with E-state index in [4.69, 9.17) is 11.6 Å². The molecule has 1 N–H and O–H groups in total. The van der Waals surface area contributed by atoms with Gasteiger partial charge in [0.15, 0.2) is 0 Å². The highest BCUT2D eigenvalue weighted by Gasteiger charge is 2.30. The molecule has 0 saturated heterocycles. The average Bonchev–Trinajstić information content (AvgIpc) is 2.79. The van der Waals surface area contributed by atoms with Crippen LogP contribution in [0.15, 0.2) is 72.8 Å². The van der Waals surface area contributed by atoms with E-state index < -0.39 is 6.04 Å². The van der Waals surface area contributed by atoms with Crippen molar-refractivity contribution in [1.29, 1.82) is 0 Å². The van der Waals surface area contributed by atoms with Crippen LogP contribution in [0.5, 0.6) is 0 Å². The fourth-order valence-electron chi connectivity index (χ4n) is 4.20. The summed E-state index contributed by atoms with van der Waals surface area (Å²) in [5.74, 6) is -0.223. The number of hydrogen-bond donors (Lipinski definition) is 1. The first-order valence-electron chi connectivity index (χ1n) is 11.8. The minimum absolute atomic E-state index is 0.0856. The molecule has 0 aliphatic rings. The highest BCUT2D eigenvalue weighted by atomic mass is 35.5. The van der Waals surface area contributed by atoms with Crippen LogP contribution in [0.25, 0.3) is 0 Å². The van der Waals surface area contributed by atoms with Crippen molar-refractivity contribution < 1.29 is 9.59 Å². The molecule has 0 spiro atoms. The number of benzene rings is 3. The zero-order valence-electron chi connectivity index (χ0n) is 20.2. The van der Waals surface area contributed by atoms with E-state index in [1.54, 1.807) is 4.90 Å². The number of rotatable bonds is 10. The summed E-state index contributed by atoms with van der Waals surface area (Å²) in [6.07, 6.45) is 1.50. The summed E-state index contributed by atoms with van der Waals surface area (Å²) in [5, 5.41) is 3.61. The number of nitrogens with zero attached hydrogens (tertiary/aromatic N) is 1. The van der Waals surface area contributed by atoms with Gasteiger partial charge in [0, 0.05) is 24.5 Å². The summed E-state index contributed by atoms with van der Waals surface area (Å²) >= 11 is 6.23. The third kappa shape index (κ3) is 7.46. The van der Waals surface area contributed by atoms with Crippen LogP contribution in [0.3, 0.4) is 0 Å². The van der Waals surface area contributed by atoms with Gasteiger partial charge in [-0.15, -0.1) is 0 Å². The third-order valence-corrected chi connectivity index (χ3v) is 5.93. The van der Waals surface area contributed by atoms with E-state index >= 15 is 0 Å². The van der Waals surface area contributed by atoms with E-state index in [9.17, 15) is 9.59 Å². The van der Waals surface area contributed by atoms with Crippen LogP contribution < -0.4 is 5.32 Å². The van der Waals surface area contributed by atoms with Gasteiger partial charge < -0.3 is 10.2 Å². The van der Waals surface area contributed by atoms with Crippen molar-refractivity contribution in [2.75, 3.05) is 6.54 Å². The van der Waals surface area contributed by atoms with Crippen molar-refractivity contribution in [2.45, 2.75) is 52.6 Å². The van der Waals surface area contributed by atoms with Gasteiger partial charge in [-0.25, -0.2) is 0 Å². The second kappa shape index (κ2) is 12.4. The predicted octanol–water partition coefficient (Wildman–Crippen LogP) is 5.67. The Kier molecular flexibility index (Phi) is 9.29. The molecule has 0 saturated carbocycles. The molecule has 0 fully saturated rings. The Morgan fingerprint density at radius 3 is 2.21 bits per heavy atom. The molecule has 3 aromatic rings. The number of halogens is 1. The lowest BCUT2D eigenvalue weighted by Gasteiger charge is -2.32. The topological polar surface area (TPSA) is 49.4 Å². The lowest BCUT2D eigenvalue weighted by atomic mass is 10.0. The van der Waals surface area contributed by atoms with Gasteiger partial charge in [0.05, 0.1) is 6.42 Å². The van der Waals surface area contributed by atoms with E-state index in [1.807, 2.05) is 87.5 Å². The van der Waals surface area contributed by atoms with Crippen molar-refractivity contribution in [3.05, 3.63) is 106 Å². The summed E-state index contributed by atoms with van der Waals surface area (Å²) in [7, 11) is 0. The van der Waals surface area contributed by atoms with Crippen LogP contribution in [-0.4, -0.2) is 29.3 Å². The molecule has 1 unspecified atom stereocenters. The third-order valence-electron chi connectivity index (χ3n) is 5.70. The van der Waals surface area contributed by atoms with E-state index in [0.29, 0.717) is 24.5 Å². The highest BCUT2D eigenvalue weighted by Crippen LogP contribution is 2.19. The number of carbonyl (C=O) groups is 2. The van der Waals surface area contributed by atoms with Gasteiger partial charge in [-0.05, 0) is 49.1 Å². The van der Waals surface area contributed by atoms with Crippen LogP contribution in [-0.2, 0) is 29.0 Å². The van der Waals surface area contributed by atoms with Crippen LogP contribution in [0.4, 0.5) is 0 Å². The Morgan fingerprint density at radius 2 is 1.56 bits per heavy atom. The minimum atomic E-state index is -0.633. The maximum atomic E-state index is 13.7. The molecular formula is C29H33ClN2O2. The lowest BCUT2D eigenvalue weighted by molar-refractivity contribution is -0.140. The predicted molar refractivity (Wildman–Crippen MR) is 139 cm³/mol. The van der Waals surface area contributed by atoms with Crippen molar-refractivity contribution in [1.82, 2.24) is 10.2 Å². The second-order valence-corrected chi connectivity index (χ2v) is 9.26. The van der Waals surface area contributed by atoms with Gasteiger partial charge in [-0.3, -0.25) is 9.59 Å². The number of nitrogens with one attached hydrogen (secondary N) is 1. The molecule has 5 heteroatoms.